The highest BCUT2D eigenvalue weighted by atomic mass is 79.9. The predicted molar refractivity (Wildman–Crippen MR) is 120 cm³/mol. The first-order chi connectivity index (χ1) is 13.9. The average Bonchev–Trinajstić information content (AvgIpc) is 3.03. The number of carbonyl (C=O) groups is 1. The van der Waals surface area contributed by atoms with E-state index in [4.69, 9.17) is 5.11 Å². The highest BCUT2D eigenvalue weighted by Gasteiger charge is 2.32. The lowest BCUT2D eigenvalue weighted by atomic mass is 9.90. The molecule has 4 atom stereocenters. The van der Waals surface area contributed by atoms with Crippen LogP contribution in [0.2, 0.25) is 0 Å². The molecule has 160 valence electrons. The smallest absolute Gasteiger partial charge is 0.303 e. The molecule has 0 aliphatic heterocycles. The molecule has 29 heavy (non-hydrogen) atoms. The zero-order valence-electron chi connectivity index (χ0n) is 17.1. The van der Waals surface area contributed by atoms with Crippen molar-refractivity contribution in [3.05, 3.63) is 58.1 Å². The molecule has 1 aromatic rings. The van der Waals surface area contributed by atoms with Crippen molar-refractivity contribution >= 4 is 21.9 Å². The van der Waals surface area contributed by atoms with Crippen LogP contribution < -0.4 is 0 Å². The number of aryl methyl sites for hydroxylation is 2. The summed E-state index contributed by atoms with van der Waals surface area (Å²) in [5.41, 5.74) is 2.41. The minimum Gasteiger partial charge on any atom is -0.481 e. The van der Waals surface area contributed by atoms with E-state index in [-0.39, 0.29) is 24.4 Å². The van der Waals surface area contributed by atoms with E-state index >= 15 is 0 Å². The lowest BCUT2D eigenvalue weighted by Crippen LogP contribution is -2.17. The van der Waals surface area contributed by atoms with Crippen LogP contribution in [-0.2, 0) is 11.2 Å². The Bertz CT molecular complexity index is 713. The summed E-state index contributed by atoms with van der Waals surface area (Å²) in [7, 11) is 0. The molecule has 1 aromatic carbocycles. The third-order valence-electron chi connectivity index (χ3n) is 5.72. The Kier molecular flexibility index (Phi) is 10.1. The van der Waals surface area contributed by atoms with E-state index in [1.165, 1.54) is 11.1 Å². The highest BCUT2D eigenvalue weighted by molar-refractivity contribution is 9.10. The van der Waals surface area contributed by atoms with Gasteiger partial charge in [-0.15, -0.1) is 0 Å². The van der Waals surface area contributed by atoms with Gasteiger partial charge >= 0.3 is 5.97 Å². The van der Waals surface area contributed by atoms with Crippen molar-refractivity contribution in [2.45, 2.75) is 70.5 Å². The molecule has 3 N–H and O–H groups in total. The van der Waals surface area contributed by atoms with Crippen LogP contribution in [0.1, 0.15) is 56.1 Å². The van der Waals surface area contributed by atoms with E-state index in [9.17, 15) is 15.0 Å². The Morgan fingerprint density at radius 2 is 2.10 bits per heavy atom. The monoisotopic (exact) mass is 464 g/mol. The molecule has 2 rings (SSSR count). The fourth-order valence-corrected chi connectivity index (χ4v) is 4.29. The average molecular weight is 465 g/mol. The van der Waals surface area contributed by atoms with Gasteiger partial charge in [0, 0.05) is 10.9 Å². The quantitative estimate of drug-likeness (QED) is 0.310. The van der Waals surface area contributed by atoms with Gasteiger partial charge < -0.3 is 15.3 Å². The Balaban J connectivity index is 1.78. The maximum absolute atomic E-state index is 10.5. The van der Waals surface area contributed by atoms with Crippen molar-refractivity contribution in [2.24, 2.45) is 11.8 Å². The third-order valence-corrected chi connectivity index (χ3v) is 6.58. The van der Waals surface area contributed by atoms with Gasteiger partial charge in [0.2, 0.25) is 0 Å². The Labute approximate surface area is 182 Å². The van der Waals surface area contributed by atoms with Crippen molar-refractivity contribution in [1.29, 1.82) is 0 Å². The van der Waals surface area contributed by atoms with E-state index < -0.39 is 12.1 Å². The summed E-state index contributed by atoms with van der Waals surface area (Å²) >= 11 is 3.55. The molecule has 0 heterocycles. The Hall–Kier alpha value is -1.43. The predicted octanol–water partition coefficient (Wildman–Crippen LogP) is 5.20. The zero-order valence-corrected chi connectivity index (χ0v) is 18.7. The minimum absolute atomic E-state index is 0.169. The summed E-state index contributed by atoms with van der Waals surface area (Å²) in [5, 5.41) is 29.3. The van der Waals surface area contributed by atoms with Gasteiger partial charge in [-0.3, -0.25) is 4.79 Å². The molecule has 5 heteroatoms. The molecule has 1 aliphatic carbocycles. The van der Waals surface area contributed by atoms with Crippen molar-refractivity contribution in [3.8, 4) is 0 Å². The van der Waals surface area contributed by atoms with Crippen molar-refractivity contribution in [2.75, 3.05) is 0 Å². The van der Waals surface area contributed by atoms with Gasteiger partial charge in [-0.25, -0.2) is 0 Å². The Morgan fingerprint density at radius 3 is 2.83 bits per heavy atom. The van der Waals surface area contributed by atoms with Gasteiger partial charge in [-0.1, -0.05) is 52.4 Å². The number of benzene rings is 1. The van der Waals surface area contributed by atoms with Crippen LogP contribution in [0.15, 0.2) is 47.0 Å². The molecule has 1 aliphatic rings. The number of allylic oxidation sites excluding steroid dienone is 3. The molecular weight excluding hydrogens is 432 g/mol. The van der Waals surface area contributed by atoms with E-state index in [0.717, 1.165) is 36.6 Å². The summed E-state index contributed by atoms with van der Waals surface area (Å²) in [6, 6.07) is 6.29. The van der Waals surface area contributed by atoms with E-state index in [1.54, 1.807) is 0 Å². The molecule has 0 aromatic heterocycles. The third kappa shape index (κ3) is 8.45. The number of rotatable bonds is 11. The fraction of sp³-hybridized carbons (Fsp3) is 0.542. The van der Waals surface area contributed by atoms with E-state index in [1.807, 2.05) is 12.2 Å². The number of carboxylic acids is 1. The first-order valence-corrected chi connectivity index (χ1v) is 11.3. The van der Waals surface area contributed by atoms with Gasteiger partial charge in [0.15, 0.2) is 0 Å². The molecule has 0 radical (unpaired) electrons. The van der Waals surface area contributed by atoms with Crippen LogP contribution >= 0.6 is 15.9 Å². The van der Waals surface area contributed by atoms with Gasteiger partial charge in [-0.2, -0.15) is 0 Å². The normalized spacial score (nSPS) is 23.2. The van der Waals surface area contributed by atoms with Crippen molar-refractivity contribution in [1.82, 2.24) is 0 Å². The summed E-state index contributed by atoms with van der Waals surface area (Å²) < 4.78 is 1.10. The second kappa shape index (κ2) is 12.3. The number of unbranched alkanes of at least 4 members (excludes halogenated alkanes) is 1. The molecule has 1 saturated carbocycles. The lowest BCUT2D eigenvalue weighted by molar-refractivity contribution is -0.137. The summed E-state index contributed by atoms with van der Waals surface area (Å²) in [6.07, 6.45) is 12.9. The van der Waals surface area contributed by atoms with Gasteiger partial charge in [0.05, 0.1) is 12.2 Å². The molecule has 4 nitrogen and oxygen atoms in total. The number of aliphatic hydroxyl groups excluding tert-OH is 2. The summed E-state index contributed by atoms with van der Waals surface area (Å²) in [6.45, 7) is 2.06. The highest BCUT2D eigenvalue weighted by Crippen LogP contribution is 2.36. The van der Waals surface area contributed by atoms with Crippen LogP contribution in [0.3, 0.4) is 0 Å². The number of aliphatic carboxylic acids is 1. The zero-order chi connectivity index (χ0) is 21.2. The molecular formula is C24H33BrO4. The maximum atomic E-state index is 10.5. The fourth-order valence-electron chi connectivity index (χ4n) is 3.86. The van der Waals surface area contributed by atoms with Crippen molar-refractivity contribution < 1.29 is 20.1 Å². The second-order valence-corrected chi connectivity index (χ2v) is 8.89. The maximum Gasteiger partial charge on any atom is 0.303 e. The molecule has 0 bridgehead atoms. The molecule has 1 fully saturated rings. The molecule has 1 unspecified atom stereocenters. The van der Waals surface area contributed by atoms with E-state index in [2.05, 4.69) is 53.2 Å². The number of aliphatic hydroxyl groups is 2. The molecule has 0 amide bonds. The largest absolute Gasteiger partial charge is 0.481 e. The first-order valence-electron chi connectivity index (χ1n) is 10.5. The van der Waals surface area contributed by atoms with Crippen LogP contribution in [0.25, 0.3) is 0 Å². The topological polar surface area (TPSA) is 77.8 Å². The van der Waals surface area contributed by atoms with Crippen LogP contribution in [-0.4, -0.2) is 33.5 Å². The first kappa shape index (κ1) is 23.8. The molecule has 0 saturated heterocycles. The van der Waals surface area contributed by atoms with E-state index in [0.29, 0.717) is 12.8 Å². The summed E-state index contributed by atoms with van der Waals surface area (Å²) in [5.74, 6) is -0.317. The number of hydrogen-bond acceptors (Lipinski definition) is 3. The van der Waals surface area contributed by atoms with Gasteiger partial charge in [0.25, 0.3) is 0 Å². The van der Waals surface area contributed by atoms with Crippen molar-refractivity contribution in [3.63, 3.8) is 0 Å². The van der Waals surface area contributed by atoms with Gasteiger partial charge in [-0.05, 0) is 80.9 Å². The Morgan fingerprint density at radius 1 is 1.31 bits per heavy atom. The second-order valence-electron chi connectivity index (χ2n) is 8.04. The standard InChI is InChI=1S/C24H33BrO4/c1-17-8-9-18(16-22(17)25)10-13-20(26)14-11-19-12-15-23(27)21(19)6-4-2-3-5-7-24(28)29/h2,4,8-9,11,14,16,19-21,23,26-27H,3,5-7,10,12-13,15H2,1H3,(H,28,29)/b4-2-,14-11+/t19-,20-,21+,23?/m0/s1. The summed E-state index contributed by atoms with van der Waals surface area (Å²) in [4.78, 5) is 10.5. The number of halogens is 1. The lowest BCUT2D eigenvalue weighted by Gasteiger charge is -2.18. The van der Waals surface area contributed by atoms with Crippen LogP contribution in [0, 0.1) is 18.8 Å². The number of hydrogen-bond donors (Lipinski definition) is 3. The van der Waals surface area contributed by atoms with Gasteiger partial charge in [0.1, 0.15) is 0 Å². The van der Waals surface area contributed by atoms with Crippen LogP contribution in [0.4, 0.5) is 0 Å². The molecule has 0 spiro atoms. The SMILES string of the molecule is Cc1ccc(CC[C@H](O)/C=C/[C@H]2CCC(O)[C@@H]2C/C=C\CCCC(=O)O)cc1Br. The number of carboxylic acid groups (broad SMARTS) is 1. The van der Waals surface area contributed by atoms with Crippen LogP contribution in [0.5, 0.6) is 0 Å². The minimum atomic E-state index is -0.761.